The van der Waals surface area contributed by atoms with Crippen molar-refractivity contribution in [3.05, 3.63) is 110 Å². The van der Waals surface area contributed by atoms with Gasteiger partial charge in [0.05, 0.1) is 19.1 Å². The topological polar surface area (TPSA) is 38.7 Å². The zero-order valence-electron chi connectivity index (χ0n) is 13.4. The predicted molar refractivity (Wildman–Crippen MR) is 97.6 cm³/mol. The molecule has 0 aliphatic carbocycles. The molecule has 0 atom stereocenters. The van der Waals surface area contributed by atoms with Crippen LogP contribution in [0.3, 0.4) is 0 Å². The SMILES string of the molecule is C=C=C/C=C/C=C\Oc1ccc(CO)cc1O/C=C\C=C\C=C=C. The van der Waals surface area contributed by atoms with Crippen molar-refractivity contribution in [1.29, 1.82) is 0 Å². The maximum atomic E-state index is 9.24. The minimum absolute atomic E-state index is 0.0726. The predicted octanol–water partition coefficient (Wildman–Crippen LogP) is 4.76. The normalized spacial score (nSPS) is 11.0. The molecule has 1 aromatic carbocycles. The Balaban J connectivity index is 2.79. The van der Waals surface area contributed by atoms with Gasteiger partial charge in [-0.15, -0.1) is 11.5 Å². The number of ether oxygens (including phenoxy) is 2. The van der Waals surface area contributed by atoms with Gasteiger partial charge in [-0.25, -0.2) is 0 Å². The smallest absolute Gasteiger partial charge is 0.169 e. The first-order valence-corrected chi connectivity index (χ1v) is 7.24. The highest BCUT2D eigenvalue weighted by Gasteiger charge is 2.04. The van der Waals surface area contributed by atoms with Crippen molar-refractivity contribution in [2.24, 2.45) is 0 Å². The largest absolute Gasteiger partial charge is 0.461 e. The van der Waals surface area contributed by atoms with E-state index in [0.29, 0.717) is 11.5 Å². The summed E-state index contributed by atoms with van der Waals surface area (Å²) in [4.78, 5) is 0. The molecule has 0 amide bonds. The molecule has 0 saturated carbocycles. The molecule has 122 valence electrons. The fraction of sp³-hybridized carbons (Fsp3) is 0.0476. The maximum Gasteiger partial charge on any atom is 0.169 e. The number of hydrogen-bond acceptors (Lipinski definition) is 3. The van der Waals surface area contributed by atoms with Crippen LogP contribution in [0.15, 0.2) is 104 Å². The van der Waals surface area contributed by atoms with Crippen molar-refractivity contribution in [2.45, 2.75) is 6.61 Å². The van der Waals surface area contributed by atoms with Crippen molar-refractivity contribution >= 4 is 0 Å². The third kappa shape index (κ3) is 7.69. The van der Waals surface area contributed by atoms with E-state index in [-0.39, 0.29) is 6.61 Å². The average molecular weight is 320 g/mol. The highest BCUT2D eigenvalue weighted by molar-refractivity contribution is 5.43. The van der Waals surface area contributed by atoms with Crippen LogP contribution >= 0.6 is 0 Å². The van der Waals surface area contributed by atoms with E-state index in [1.54, 1.807) is 66.8 Å². The lowest BCUT2D eigenvalue weighted by atomic mass is 10.2. The number of aliphatic hydroxyl groups excluding tert-OH is 1. The summed E-state index contributed by atoms with van der Waals surface area (Å²) in [7, 11) is 0. The third-order valence-electron chi connectivity index (χ3n) is 2.61. The number of hydrogen-bond donors (Lipinski definition) is 1. The Morgan fingerprint density at radius 1 is 0.833 bits per heavy atom. The van der Waals surface area contributed by atoms with Crippen molar-refractivity contribution < 1.29 is 14.6 Å². The molecule has 0 fully saturated rings. The van der Waals surface area contributed by atoms with Crippen LogP contribution in [0.1, 0.15) is 5.56 Å². The van der Waals surface area contributed by atoms with Gasteiger partial charge in [0.25, 0.3) is 0 Å². The van der Waals surface area contributed by atoms with Gasteiger partial charge in [-0.1, -0.05) is 43.5 Å². The Morgan fingerprint density at radius 2 is 1.42 bits per heavy atom. The summed E-state index contributed by atoms with van der Waals surface area (Å²) in [5.74, 6) is 1.04. The van der Waals surface area contributed by atoms with E-state index in [9.17, 15) is 5.11 Å². The van der Waals surface area contributed by atoms with Gasteiger partial charge < -0.3 is 14.6 Å². The molecule has 1 N–H and O–H groups in total. The van der Waals surface area contributed by atoms with Crippen LogP contribution in [0.2, 0.25) is 0 Å². The fourth-order valence-electron chi connectivity index (χ4n) is 1.53. The molecule has 1 aromatic rings. The lowest BCUT2D eigenvalue weighted by molar-refractivity contribution is 0.281. The van der Waals surface area contributed by atoms with E-state index in [4.69, 9.17) is 9.47 Å². The number of allylic oxidation sites excluding steroid dienone is 8. The van der Waals surface area contributed by atoms with E-state index in [1.165, 1.54) is 12.5 Å². The Kier molecular flexibility index (Phi) is 9.68. The lowest BCUT2D eigenvalue weighted by Gasteiger charge is -2.08. The first kappa shape index (κ1) is 18.8. The zero-order chi connectivity index (χ0) is 17.5. The van der Waals surface area contributed by atoms with Crippen molar-refractivity contribution in [1.82, 2.24) is 0 Å². The van der Waals surface area contributed by atoms with Crippen molar-refractivity contribution in [3.8, 4) is 11.5 Å². The highest BCUT2D eigenvalue weighted by Crippen LogP contribution is 2.29. The van der Waals surface area contributed by atoms with E-state index >= 15 is 0 Å². The maximum absolute atomic E-state index is 9.24. The molecule has 0 aromatic heterocycles. The molecular formula is C21H20O3. The number of aliphatic hydroxyl groups is 1. The summed E-state index contributed by atoms with van der Waals surface area (Å²) >= 11 is 0. The molecule has 0 spiro atoms. The van der Waals surface area contributed by atoms with Gasteiger partial charge in [0, 0.05) is 0 Å². The minimum atomic E-state index is -0.0726. The van der Waals surface area contributed by atoms with E-state index in [1.807, 2.05) is 0 Å². The van der Waals surface area contributed by atoms with Crippen LogP contribution in [0.5, 0.6) is 11.5 Å². The summed E-state index contributed by atoms with van der Waals surface area (Å²) in [6.07, 6.45) is 17.0. The molecule has 0 aliphatic rings. The first-order chi connectivity index (χ1) is 11.8. The van der Waals surface area contributed by atoms with Gasteiger partial charge in [-0.3, -0.25) is 0 Å². The molecule has 24 heavy (non-hydrogen) atoms. The number of rotatable bonds is 9. The van der Waals surface area contributed by atoms with Crippen LogP contribution in [0, 0.1) is 0 Å². The van der Waals surface area contributed by atoms with Crippen LogP contribution in [0.25, 0.3) is 0 Å². The Morgan fingerprint density at radius 3 is 1.96 bits per heavy atom. The van der Waals surface area contributed by atoms with E-state index < -0.39 is 0 Å². The molecule has 0 aliphatic heterocycles. The summed E-state index contributed by atoms with van der Waals surface area (Å²) in [5.41, 5.74) is 6.00. The molecule has 3 nitrogen and oxygen atoms in total. The standard InChI is InChI=1S/C21H20O3/c1-3-5-7-9-11-15-23-20-14-13-19(18-22)17-21(20)24-16-12-10-8-6-4-2/h5-17,22H,1-2,18H2/b9-7+,10-8+,15-11-,16-12-. The molecule has 0 saturated heterocycles. The monoisotopic (exact) mass is 320 g/mol. The van der Waals surface area contributed by atoms with E-state index in [2.05, 4.69) is 24.6 Å². The van der Waals surface area contributed by atoms with Crippen LogP contribution in [0.4, 0.5) is 0 Å². The molecule has 0 radical (unpaired) electrons. The van der Waals surface area contributed by atoms with Crippen molar-refractivity contribution in [2.75, 3.05) is 0 Å². The van der Waals surface area contributed by atoms with Crippen LogP contribution in [-0.2, 0) is 6.61 Å². The van der Waals surface area contributed by atoms with Gasteiger partial charge in [0.15, 0.2) is 11.5 Å². The number of benzene rings is 1. The molecule has 0 unspecified atom stereocenters. The summed E-state index contributed by atoms with van der Waals surface area (Å²) < 4.78 is 11.1. The quantitative estimate of drug-likeness (QED) is 0.405. The second-order valence-electron chi connectivity index (χ2n) is 4.34. The minimum Gasteiger partial charge on any atom is -0.461 e. The summed E-state index contributed by atoms with van der Waals surface area (Å²) in [6, 6.07) is 5.23. The van der Waals surface area contributed by atoms with Crippen LogP contribution < -0.4 is 9.47 Å². The van der Waals surface area contributed by atoms with Crippen molar-refractivity contribution in [3.63, 3.8) is 0 Å². The second kappa shape index (κ2) is 12.3. The van der Waals surface area contributed by atoms with Gasteiger partial charge in [-0.2, -0.15) is 0 Å². The Bertz CT molecular complexity index is 723. The third-order valence-corrected chi connectivity index (χ3v) is 2.61. The zero-order valence-corrected chi connectivity index (χ0v) is 13.4. The highest BCUT2D eigenvalue weighted by atomic mass is 16.5. The van der Waals surface area contributed by atoms with E-state index in [0.717, 1.165) is 5.56 Å². The first-order valence-electron chi connectivity index (χ1n) is 7.24. The molecule has 3 heteroatoms. The molecule has 0 bridgehead atoms. The molecule has 0 heterocycles. The van der Waals surface area contributed by atoms with Gasteiger partial charge in [0.2, 0.25) is 0 Å². The summed E-state index contributed by atoms with van der Waals surface area (Å²) in [6.45, 7) is 6.85. The fourth-order valence-corrected chi connectivity index (χ4v) is 1.53. The summed E-state index contributed by atoms with van der Waals surface area (Å²) in [5, 5.41) is 9.24. The Labute approximate surface area is 142 Å². The average Bonchev–Trinajstić information content (AvgIpc) is 2.61. The Hall–Kier alpha value is -3.22. The molecular weight excluding hydrogens is 300 g/mol. The van der Waals surface area contributed by atoms with Crippen LogP contribution in [-0.4, -0.2) is 5.11 Å². The van der Waals surface area contributed by atoms with Gasteiger partial charge in [-0.05, 0) is 42.0 Å². The van der Waals surface area contributed by atoms with Gasteiger partial charge >= 0.3 is 0 Å². The second-order valence-corrected chi connectivity index (χ2v) is 4.34. The molecule has 1 rings (SSSR count). The lowest BCUT2D eigenvalue weighted by Crippen LogP contribution is -1.91. The van der Waals surface area contributed by atoms with Gasteiger partial charge in [0.1, 0.15) is 0 Å².